The first kappa shape index (κ1) is 49.3. The number of carboxylic acids is 1. The van der Waals surface area contributed by atoms with E-state index in [-0.39, 0.29) is 36.2 Å². The topological polar surface area (TPSA) is 99.1 Å². The highest BCUT2D eigenvalue weighted by molar-refractivity contribution is 5.72. The van der Waals surface area contributed by atoms with E-state index in [0.717, 1.165) is 38.5 Å². The predicted octanol–water partition coefficient (Wildman–Crippen LogP) is 11.4. The fraction of sp³-hybridized carbons (Fsp3) is 0.930. The van der Waals surface area contributed by atoms with Gasteiger partial charge in [0.2, 0.25) is 0 Å². The molecule has 0 radical (unpaired) electrons. The Morgan fingerprint density at radius 2 is 0.863 bits per heavy atom. The van der Waals surface area contributed by atoms with Crippen LogP contribution in [0.1, 0.15) is 206 Å². The summed E-state index contributed by atoms with van der Waals surface area (Å²) < 4.78 is 17.3. The fourth-order valence-electron chi connectivity index (χ4n) is 6.62. The van der Waals surface area contributed by atoms with Crippen molar-refractivity contribution in [2.45, 2.75) is 219 Å². The molecule has 51 heavy (non-hydrogen) atoms. The lowest BCUT2D eigenvalue weighted by Crippen LogP contribution is -2.50. The Morgan fingerprint density at radius 3 is 1.22 bits per heavy atom. The molecule has 0 rings (SSSR count). The SMILES string of the molecule is CCCCCCCCCCCCCCCCCCC(=O)OCC(COCCC(C(=O)O)[N+](C)(C)C)OC(=O)CCCCCCCCCCCCC. The summed E-state index contributed by atoms with van der Waals surface area (Å²) >= 11 is 0. The highest BCUT2D eigenvalue weighted by Crippen LogP contribution is 2.16. The highest BCUT2D eigenvalue weighted by Gasteiger charge is 2.31. The molecule has 8 nitrogen and oxygen atoms in total. The maximum Gasteiger partial charge on any atom is 0.362 e. The molecule has 0 spiro atoms. The Hall–Kier alpha value is -1.67. The molecule has 2 atom stereocenters. The van der Waals surface area contributed by atoms with Gasteiger partial charge in [0, 0.05) is 19.3 Å². The molecule has 0 saturated carbocycles. The zero-order valence-electron chi connectivity index (χ0n) is 34.3. The van der Waals surface area contributed by atoms with Crippen LogP contribution in [-0.2, 0) is 28.6 Å². The van der Waals surface area contributed by atoms with Gasteiger partial charge in [-0.2, -0.15) is 0 Å². The number of hydrogen-bond donors (Lipinski definition) is 1. The predicted molar refractivity (Wildman–Crippen MR) is 211 cm³/mol. The minimum atomic E-state index is -0.871. The van der Waals surface area contributed by atoms with Crippen LogP contribution in [0.5, 0.6) is 0 Å². The van der Waals surface area contributed by atoms with Crippen molar-refractivity contribution in [1.82, 2.24) is 0 Å². The van der Waals surface area contributed by atoms with Gasteiger partial charge in [-0.3, -0.25) is 9.59 Å². The minimum absolute atomic E-state index is 0.0423. The van der Waals surface area contributed by atoms with Gasteiger partial charge in [-0.05, 0) is 12.8 Å². The summed E-state index contributed by atoms with van der Waals surface area (Å²) in [5, 5.41) is 9.60. The smallest absolute Gasteiger partial charge is 0.362 e. The summed E-state index contributed by atoms with van der Waals surface area (Å²) in [6.07, 6.45) is 34.2. The number of unbranched alkanes of at least 4 members (excludes halogenated alkanes) is 25. The number of ether oxygens (including phenoxy) is 3. The third-order valence-corrected chi connectivity index (χ3v) is 10.0. The number of esters is 2. The van der Waals surface area contributed by atoms with Crippen molar-refractivity contribution < 1.29 is 38.2 Å². The van der Waals surface area contributed by atoms with Gasteiger partial charge in [0.15, 0.2) is 12.1 Å². The molecule has 1 N–H and O–H groups in total. The molecule has 0 aromatic rings. The fourth-order valence-corrected chi connectivity index (χ4v) is 6.62. The van der Waals surface area contributed by atoms with Crippen molar-refractivity contribution in [3.63, 3.8) is 0 Å². The first-order chi connectivity index (χ1) is 24.6. The van der Waals surface area contributed by atoms with Gasteiger partial charge in [0.25, 0.3) is 0 Å². The van der Waals surface area contributed by atoms with Crippen LogP contribution in [-0.4, -0.2) is 80.6 Å². The lowest BCUT2D eigenvalue weighted by Gasteiger charge is -2.31. The molecule has 0 amide bonds. The minimum Gasteiger partial charge on any atom is -0.477 e. The second-order valence-electron chi connectivity index (χ2n) is 16.0. The number of hydrogen-bond acceptors (Lipinski definition) is 6. The average molecular weight is 727 g/mol. The molecule has 0 heterocycles. The van der Waals surface area contributed by atoms with Crippen LogP contribution in [0.3, 0.4) is 0 Å². The van der Waals surface area contributed by atoms with Gasteiger partial charge < -0.3 is 23.8 Å². The normalized spacial score (nSPS) is 12.9. The van der Waals surface area contributed by atoms with Gasteiger partial charge >= 0.3 is 17.9 Å². The van der Waals surface area contributed by atoms with E-state index in [4.69, 9.17) is 14.2 Å². The van der Waals surface area contributed by atoms with Crippen LogP contribution in [0.25, 0.3) is 0 Å². The summed E-state index contributed by atoms with van der Waals surface area (Å²) in [4.78, 5) is 36.9. The maximum absolute atomic E-state index is 12.7. The molecule has 0 aromatic carbocycles. The number of likely N-dealkylation sites (N-methyl/N-ethyl adjacent to an activating group) is 1. The van der Waals surface area contributed by atoms with E-state index < -0.39 is 18.1 Å². The highest BCUT2D eigenvalue weighted by atomic mass is 16.6. The van der Waals surface area contributed by atoms with Gasteiger partial charge in [-0.15, -0.1) is 0 Å². The average Bonchev–Trinajstić information content (AvgIpc) is 3.08. The monoisotopic (exact) mass is 727 g/mol. The molecule has 2 unspecified atom stereocenters. The molecule has 0 aliphatic rings. The molecular formula is C43H84NO7+. The molecule has 0 saturated heterocycles. The van der Waals surface area contributed by atoms with Crippen molar-refractivity contribution in [1.29, 1.82) is 0 Å². The number of carbonyl (C=O) groups excluding carboxylic acids is 2. The van der Waals surface area contributed by atoms with Crippen molar-refractivity contribution in [3.05, 3.63) is 0 Å². The Morgan fingerprint density at radius 1 is 0.510 bits per heavy atom. The second kappa shape index (κ2) is 35.4. The number of nitrogens with zero attached hydrogens (tertiary/aromatic N) is 1. The first-order valence-electron chi connectivity index (χ1n) is 21.6. The van der Waals surface area contributed by atoms with Crippen LogP contribution < -0.4 is 0 Å². The Labute approximate surface area is 315 Å². The standard InChI is InChI=1S/C43H83NO7/c1-6-8-10-12-14-16-18-19-20-21-22-24-25-27-29-31-33-41(45)50-38-39(37-49-36-35-40(43(47)48)44(3,4)5)51-42(46)34-32-30-28-26-23-17-15-13-11-9-7-2/h39-40H,6-38H2,1-5H3/p+1. The van der Waals surface area contributed by atoms with Crippen molar-refractivity contribution in [3.8, 4) is 0 Å². The molecular weight excluding hydrogens is 642 g/mol. The summed E-state index contributed by atoms with van der Waals surface area (Å²) in [6, 6.07) is -0.607. The Kier molecular flexibility index (Phi) is 34.2. The van der Waals surface area contributed by atoms with Crippen molar-refractivity contribution in [2.75, 3.05) is 41.0 Å². The van der Waals surface area contributed by atoms with E-state index in [1.165, 1.54) is 135 Å². The zero-order chi connectivity index (χ0) is 37.8. The molecule has 0 bridgehead atoms. The third kappa shape index (κ3) is 33.9. The van der Waals surface area contributed by atoms with E-state index in [2.05, 4.69) is 13.8 Å². The van der Waals surface area contributed by atoms with E-state index >= 15 is 0 Å². The molecule has 8 heteroatoms. The van der Waals surface area contributed by atoms with Gasteiger partial charge in [-0.1, -0.05) is 174 Å². The van der Waals surface area contributed by atoms with E-state index in [1.807, 2.05) is 21.1 Å². The Bertz CT molecular complexity index is 813. The number of carbonyl (C=O) groups is 3. The van der Waals surface area contributed by atoms with Crippen LogP contribution >= 0.6 is 0 Å². The number of rotatable bonds is 39. The molecule has 0 aromatic heterocycles. The molecule has 0 aliphatic carbocycles. The molecule has 0 aliphatic heterocycles. The van der Waals surface area contributed by atoms with E-state index in [0.29, 0.717) is 19.3 Å². The lowest BCUT2D eigenvalue weighted by atomic mass is 10.0. The van der Waals surface area contributed by atoms with Crippen LogP contribution in [0.2, 0.25) is 0 Å². The van der Waals surface area contributed by atoms with E-state index in [1.54, 1.807) is 0 Å². The van der Waals surface area contributed by atoms with Crippen LogP contribution in [0, 0.1) is 0 Å². The Balaban J connectivity index is 4.28. The van der Waals surface area contributed by atoms with Gasteiger partial charge in [0.1, 0.15) is 6.61 Å². The maximum atomic E-state index is 12.7. The summed E-state index contributed by atoms with van der Waals surface area (Å²) in [5.41, 5.74) is 0. The lowest BCUT2D eigenvalue weighted by molar-refractivity contribution is -0.887. The quantitative estimate of drug-likeness (QED) is 0.0382. The van der Waals surface area contributed by atoms with Gasteiger partial charge in [0.05, 0.1) is 34.4 Å². The van der Waals surface area contributed by atoms with Crippen molar-refractivity contribution >= 4 is 17.9 Å². The number of aliphatic carboxylic acids is 1. The summed E-state index contributed by atoms with van der Waals surface area (Å²) in [5.74, 6) is -1.45. The second-order valence-corrected chi connectivity index (χ2v) is 16.0. The third-order valence-electron chi connectivity index (χ3n) is 10.0. The zero-order valence-corrected chi connectivity index (χ0v) is 34.3. The largest absolute Gasteiger partial charge is 0.477 e. The van der Waals surface area contributed by atoms with Crippen LogP contribution in [0.4, 0.5) is 0 Å². The number of quaternary nitrogens is 1. The van der Waals surface area contributed by atoms with Gasteiger partial charge in [-0.25, -0.2) is 4.79 Å². The molecule has 0 fully saturated rings. The van der Waals surface area contributed by atoms with E-state index in [9.17, 15) is 19.5 Å². The van der Waals surface area contributed by atoms with Crippen LogP contribution in [0.15, 0.2) is 0 Å². The first-order valence-corrected chi connectivity index (χ1v) is 21.6. The molecule has 302 valence electrons. The number of carboxylic acid groups (broad SMARTS) is 1. The summed E-state index contributed by atoms with van der Waals surface area (Å²) in [7, 11) is 5.53. The van der Waals surface area contributed by atoms with Crippen molar-refractivity contribution in [2.24, 2.45) is 0 Å². The summed E-state index contributed by atoms with van der Waals surface area (Å²) in [6.45, 7) is 4.76.